The SMILES string of the molecule is O=c1c(=O)c(=O)c2cc3ccccc3cc2c1=O.O=c1ccc(=O)c2c(=O)c3ccccc3c(=O)c1=2. The largest absolute Gasteiger partial charge is 0.289 e. The second kappa shape index (κ2) is 8.21. The highest BCUT2D eigenvalue weighted by atomic mass is 16.2. The first kappa shape index (κ1) is 22.5. The van der Waals surface area contributed by atoms with Crippen molar-refractivity contribution in [3.05, 3.63) is 165 Å². The summed E-state index contributed by atoms with van der Waals surface area (Å²) in [5, 5.41) is 1.29. The zero-order chi connectivity index (χ0) is 25.7. The van der Waals surface area contributed by atoms with Crippen LogP contribution in [0.25, 0.3) is 32.3 Å². The van der Waals surface area contributed by atoms with Gasteiger partial charge in [-0.15, -0.1) is 0 Å². The van der Waals surface area contributed by atoms with Crippen molar-refractivity contribution >= 4 is 32.3 Å². The number of rotatable bonds is 0. The van der Waals surface area contributed by atoms with Crippen LogP contribution in [0.15, 0.2) is 111 Å². The molecule has 0 saturated carbocycles. The van der Waals surface area contributed by atoms with Gasteiger partial charge in [-0.3, -0.25) is 38.4 Å². The van der Waals surface area contributed by atoms with E-state index in [0.717, 1.165) is 22.9 Å². The minimum Gasteiger partial charge on any atom is -0.289 e. The lowest BCUT2D eigenvalue weighted by molar-refractivity contribution is 1.31. The summed E-state index contributed by atoms with van der Waals surface area (Å²) in [4.78, 5) is 93.6. The minimum atomic E-state index is -1.25. The Morgan fingerprint density at radius 1 is 0.333 bits per heavy atom. The Hall–Kier alpha value is -5.24. The van der Waals surface area contributed by atoms with Crippen LogP contribution in [0.4, 0.5) is 0 Å². The second-order valence-electron chi connectivity index (χ2n) is 8.08. The van der Waals surface area contributed by atoms with E-state index >= 15 is 0 Å². The van der Waals surface area contributed by atoms with E-state index in [-0.39, 0.29) is 32.0 Å². The monoisotopic (exact) mass is 476 g/mol. The molecule has 4 aromatic carbocycles. The van der Waals surface area contributed by atoms with E-state index in [1.54, 1.807) is 36.4 Å². The van der Waals surface area contributed by atoms with Gasteiger partial charge in [-0.2, -0.15) is 0 Å². The molecule has 0 aliphatic heterocycles. The Bertz CT molecular complexity index is 2210. The number of fused-ring (bicyclic) bond motifs is 3. The van der Waals surface area contributed by atoms with Crippen LogP contribution in [0.2, 0.25) is 0 Å². The molecule has 8 heteroatoms. The average molecular weight is 476 g/mol. The lowest BCUT2D eigenvalue weighted by Gasteiger charge is -1.99. The van der Waals surface area contributed by atoms with E-state index in [0.29, 0.717) is 0 Å². The van der Waals surface area contributed by atoms with Crippen molar-refractivity contribution in [2.75, 3.05) is 0 Å². The maximum atomic E-state index is 12.1. The third-order valence-corrected chi connectivity index (χ3v) is 5.99. The molecule has 0 bridgehead atoms. The Labute approximate surface area is 197 Å². The standard InChI is InChI=1S/2C14H6O4/c15-11-9-5-7-3-1-2-4-8(7)6-10(9)12(16)14(18)13(11)17;15-9-5-6-10(16)12-11(9)13(17)7-3-1-2-4-8(7)14(12)18/h2*1-6H. The van der Waals surface area contributed by atoms with Gasteiger partial charge in [-0.25, -0.2) is 0 Å². The van der Waals surface area contributed by atoms with Crippen molar-refractivity contribution in [3.63, 3.8) is 0 Å². The molecular formula is C28H12O8. The summed E-state index contributed by atoms with van der Waals surface area (Å²) < 4.78 is 0. The number of hydrogen-bond acceptors (Lipinski definition) is 8. The summed E-state index contributed by atoms with van der Waals surface area (Å²) in [7, 11) is 0. The predicted octanol–water partition coefficient (Wildman–Crippen LogP) is 0.190. The van der Waals surface area contributed by atoms with E-state index in [1.807, 2.05) is 0 Å². The van der Waals surface area contributed by atoms with Gasteiger partial charge in [0, 0.05) is 21.5 Å². The Kier molecular flexibility index (Phi) is 5.14. The Morgan fingerprint density at radius 3 is 1.08 bits per heavy atom. The van der Waals surface area contributed by atoms with Crippen molar-refractivity contribution in [2.45, 2.75) is 0 Å². The highest BCUT2D eigenvalue weighted by Gasteiger charge is 2.13. The molecular weight excluding hydrogens is 464 g/mol. The van der Waals surface area contributed by atoms with Gasteiger partial charge in [0.15, 0.2) is 21.7 Å². The number of hydrogen-bond donors (Lipinski definition) is 0. The first-order valence-corrected chi connectivity index (χ1v) is 10.6. The van der Waals surface area contributed by atoms with E-state index < -0.39 is 43.4 Å². The predicted molar refractivity (Wildman–Crippen MR) is 136 cm³/mol. The van der Waals surface area contributed by atoms with Crippen molar-refractivity contribution in [2.24, 2.45) is 0 Å². The van der Waals surface area contributed by atoms with Crippen molar-refractivity contribution < 1.29 is 0 Å². The molecule has 0 aromatic heterocycles. The molecule has 8 nitrogen and oxygen atoms in total. The van der Waals surface area contributed by atoms with E-state index in [4.69, 9.17) is 0 Å². The van der Waals surface area contributed by atoms with Gasteiger partial charge in [-0.1, -0.05) is 48.5 Å². The third kappa shape index (κ3) is 3.32. The number of benzene rings is 4. The zero-order valence-electron chi connectivity index (χ0n) is 18.2. The molecule has 0 unspecified atom stereocenters. The van der Waals surface area contributed by atoms with Gasteiger partial charge in [0.2, 0.25) is 10.9 Å². The summed E-state index contributed by atoms with van der Waals surface area (Å²) in [5.41, 5.74) is -6.58. The maximum absolute atomic E-state index is 12.1. The summed E-state index contributed by atoms with van der Waals surface area (Å²) in [6, 6.07) is 18.3. The molecule has 36 heavy (non-hydrogen) atoms. The molecule has 6 rings (SSSR count). The van der Waals surface area contributed by atoms with Crippen LogP contribution in [0, 0.1) is 10.4 Å². The minimum absolute atomic E-state index is 0.0169. The molecule has 0 N–H and O–H groups in total. The smallest absolute Gasteiger partial charge is 0.277 e. The van der Waals surface area contributed by atoms with Gasteiger partial charge in [0.1, 0.15) is 0 Å². The topological polar surface area (TPSA) is 137 Å². The highest BCUT2D eigenvalue weighted by molar-refractivity contribution is 5.97. The molecule has 0 spiro atoms. The third-order valence-electron chi connectivity index (χ3n) is 5.99. The second-order valence-corrected chi connectivity index (χ2v) is 8.08. The lowest BCUT2D eigenvalue weighted by atomic mass is 10.0. The van der Waals surface area contributed by atoms with Crippen LogP contribution < -0.4 is 43.4 Å². The van der Waals surface area contributed by atoms with Gasteiger partial charge in [0.25, 0.3) is 10.9 Å². The van der Waals surface area contributed by atoms with Crippen LogP contribution in [-0.2, 0) is 0 Å². The first-order valence-electron chi connectivity index (χ1n) is 10.6. The molecule has 0 atom stereocenters. The Morgan fingerprint density at radius 2 is 0.694 bits per heavy atom. The molecule has 0 heterocycles. The molecule has 0 radical (unpaired) electrons. The lowest BCUT2D eigenvalue weighted by Crippen LogP contribution is -2.46. The summed E-state index contributed by atoms with van der Waals surface area (Å²) in [6.07, 6.45) is 0. The average Bonchev–Trinajstić information content (AvgIpc) is 2.90. The van der Waals surface area contributed by atoms with Crippen molar-refractivity contribution in [3.8, 4) is 0 Å². The zero-order valence-corrected chi connectivity index (χ0v) is 18.2. The van der Waals surface area contributed by atoms with Gasteiger partial charge in [0.05, 0.1) is 10.4 Å². The molecule has 4 aromatic rings. The van der Waals surface area contributed by atoms with Crippen molar-refractivity contribution in [1.82, 2.24) is 0 Å². The quantitative estimate of drug-likeness (QED) is 0.224. The van der Waals surface area contributed by atoms with Crippen LogP contribution in [0.5, 0.6) is 0 Å². The Balaban J connectivity index is 0.000000148. The van der Waals surface area contributed by atoms with Crippen LogP contribution in [0.3, 0.4) is 0 Å². The fraction of sp³-hybridized carbons (Fsp3) is 0. The van der Waals surface area contributed by atoms with Crippen LogP contribution in [-0.4, -0.2) is 0 Å². The van der Waals surface area contributed by atoms with Crippen molar-refractivity contribution in [1.29, 1.82) is 0 Å². The summed E-state index contributed by atoms with van der Waals surface area (Å²) >= 11 is 0. The fourth-order valence-electron chi connectivity index (χ4n) is 4.23. The molecule has 172 valence electrons. The fourth-order valence-corrected chi connectivity index (χ4v) is 4.23. The molecule has 0 fully saturated rings. The summed E-state index contributed by atoms with van der Waals surface area (Å²) in [6.45, 7) is 0. The van der Waals surface area contributed by atoms with Gasteiger partial charge < -0.3 is 0 Å². The highest BCUT2D eigenvalue weighted by Crippen LogP contribution is 2.17. The molecule has 0 saturated heterocycles. The molecule has 2 aliphatic rings. The molecule has 2 aliphatic carbocycles. The van der Waals surface area contributed by atoms with Gasteiger partial charge in [-0.05, 0) is 35.0 Å². The maximum Gasteiger partial charge on any atom is 0.277 e. The first-order chi connectivity index (χ1) is 17.2. The van der Waals surface area contributed by atoms with E-state index in [9.17, 15) is 38.4 Å². The summed E-state index contributed by atoms with van der Waals surface area (Å²) in [5.74, 6) is 0. The van der Waals surface area contributed by atoms with Crippen LogP contribution >= 0.6 is 0 Å². The van der Waals surface area contributed by atoms with Crippen LogP contribution in [0.1, 0.15) is 0 Å². The van der Waals surface area contributed by atoms with Gasteiger partial charge >= 0.3 is 0 Å². The van der Waals surface area contributed by atoms with E-state index in [1.165, 1.54) is 24.3 Å². The normalized spacial score (nSPS) is 11.1. The van der Waals surface area contributed by atoms with E-state index in [2.05, 4.69) is 0 Å². The molecule has 0 amide bonds.